The topological polar surface area (TPSA) is 141 Å². The molecule has 12 nitrogen and oxygen atoms in total. The first-order valence-electron chi connectivity index (χ1n) is 10.6. The molecule has 5 rings (SSSR count). The van der Waals surface area contributed by atoms with Gasteiger partial charge in [-0.2, -0.15) is 0 Å². The summed E-state index contributed by atoms with van der Waals surface area (Å²) in [6, 6.07) is 13.5. The molecule has 0 unspecified atom stereocenters. The molecule has 1 fully saturated rings. The SMILES string of the molecule is C[C@@]1(c2cccc(-n3cnnn3)c2)NC(=O)N(CC(=O)NC[C@@H]2COc3ccccc3O2)C1=O. The van der Waals surface area contributed by atoms with E-state index in [4.69, 9.17) is 9.47 Å². The molecule has 2 aliphatic heterocycles. The number of urea groups is 1. The van der Waals surface area contributed by atoms with Crippen LogP contribution in [-0.4, -0.2) is 68.8 Å². The maximum absolute atomic E-state index is 13.2. The van der Waals surface area contributed by atoms with E-state index in [2.05, 4.69) is 26.2 Å². The highest BCUT2D eigenvalue weighted by atomic mass is 16.6. The van der Waals surface area contributed by atoms with Crippen LogP contribution in [-0.2, 0) is 15.1 Å². The zero-order valence-corrected chi connectivity index (χ0v) is 18.2. The van der Waals surface area contributed by atoms with Crippen LogP contribution in [0.3, 0.4) is 0 Å². The number of carbonyl (C=O) groups excluding carboxylic acids is 3. The monoisotopic (exact) mass is 463 g/mol. The summed E-state index contributed by atoms with van der Waals surface area (Å²) in [5.41, 5.74) is -0.183. The first kappa shape index (κ1) is 21.4. The van der Waals surface area contributed by atoms with Crippen molar-refractivity contribution < 1.29 is 23.9 Å². The molecule has 2 N–H and O–H groups in total. The number of ether oxygens (including phenoxy) is 2. The van der Waals surface area contributed by atoms with Gasteiger partial charge >= 0.3 is 6.03 Å². The van der Waals surface area contributed by atoms with Crippen LogP contribution in [0, 0.1) is 0 Å². The maximum Gasteiger partial charge on any atom is 0.325 e. The fraction of sp³-hybridized carbons (Fsp3) is 0.273. The third-order valence-corrected chi connectivity index (χ3v) is 5.71. The third-order valence-electron chi connectivity index (χ3n) is 5.71. The van der Waals surface area contributed by atoms with E-state index in [0.717, 1.165) is 4.90 Å². The van der Waals surface area contributed by atoms with Crippen LogP contribution in [0.1, 0.15) is 12.5 Å². The van der Waals surface area contributed by atoms with Gasteiger partial charge in [0.2, 0.25) is 5.91 Å². The smallest absolute Gasteiger partial charge is 0.325 e. The van der Waals surface area contributed by atoms with Crippen molar-refractivity contribution in [1.29, 1.82) is 0 Å². The molecule has 4 amide bonds. The molecule has 0 bridgehead atoms. The Kier molecular flexibility index (Phi) is 5.32. The summed E-state index contributed by atoms with van der Waals surface area (Å²) in [5, 5.41) is 16.4. The minimum absolute atomic E-state index is 0.169. The molecule has 3 heterocycles. The lowest BCUT2D eigenvalue weighted by Gasteiger charge is -2.26. The second-order valence-corrected chi connectivity index (χ2v) is 8.05. The predicted molar refractivity (Wildman–Crippen MR) is 116 cm³/mol. The number of benzene rings is 2. The fourth-order valence-electron chi connectivity index (χ4n) is 3.87. The molecule has 1 aromatic heterocycles. The molecular formula is C22H21N7O5. The van der Waals surface area contributed by atoms with Crippen molar-refractivity contribution in [3.8, 4) is 17.2 Å². The number of para-hydroxylation sites is 2. The standard InChI is InChI=1S/C22H21N7O5/c1-22(14-5-4-6-15(9-14)29-13-24-26-27-29)20(31)28(21(32)25-22)11-19(30)23-10-16-12-33-17-7-2-3-8-18(17)34-16/h2-9,13,16H,10-12H2,1H3,(H,23,30)(H,25,32)/t16-,22+/m1/s1. The third kappa shape index (κ3) is 3.89. The molecule has 2 aliphatic rings. The molecule has 34 heavy (non-hydrogen) atoms. The summed E-state index contributed by atoms with van der Waals surface area (Å²) < 4.78 is 12.9. The molecule has 3 aromatic rings. The highest BCUT2D eigenvalue weighted by molar-refractivity contribution is 6.09. The lowest BCUT2D eigenvalue weighted by Crippen LogP contribution is -2.46. The van der Waals surface area contributed by atoms with E-state index in [9.17, 15) is 14.4 Å². The van der Waals surface area contributed by atoms with Crippen molar-refractivity contribution in [2.45, 2.75) is 18.6 Å². The number of aromatic nitrogens is 4. The number of nitrogens with one attached hydrogen (secondary N) is 2. The van der Waals surface area contributed by atoms with Crippen LogP contribution in [0.15, 0.2) is 54.9 Å². The number of rotatable bonds is 6. The van der Waals surface area contributed by atoms with E-state index >= 15 is 0 Å². The highest BCUT2D eigenvalue weighted by Crippen LogP contribution is 2.31. The molecule has 2 atom stereocenters. The minimum atomic E-state index is -1.34. The highest BCUT2D eigenvalue weighted by Gasteiger charge is 2.49. The summed E-state index contributed by atoms with van der Waals surface area (Å²) in [7, 11) is 0. The van der Waals surface area contributed by atoms with Crippen molar-refractivity contribution in [3.05, 3.63) is 60.4 Å². The van der Waals surface area contributed by atoms with Gasteiger partial charge in [-0.15, -0.1) is 5.10 Å². The summed E-state index contributed by atoms with van der Waals surface area (Å²) in [6.45, 7) is 1.61. The number of fused-ring (bicyclic) bond motifs is 1. The van der Waals surface area contributed by atoms with Gasteiger partial charge in [-0.3, -0.25) is 14.5 Å². The summed E-state index contributed by atoms with van der Waals surface area (Å²) in [5.74, 6) is 0.222. The van der Waals surface area contributed by atoms with Gasteiger partial charge in [-0.25, -0.2) is 9.48 Å². The number of imide groups is 1. The fourth-order valence-corrected chi connectivity index (χ4v) is 3.87. The number of carbonyl (C=O) groups is 3. The summed E-state index contributed by atoms with van der Waals surface area (Å²) >= 11 is 0. The second-order valence-electron chi connectivity index (χ2n) is 8.05. The van der Waals surface area contributed by atoms with Crippen LogP contribution in [0.2, 0.25) is 0 Å². The van der Waals surface area contributed by atoms with E-state index in [1.807, 2.05) is 12.1 Å². The van der Waals surface area contributed by atoms with Crippen molar-refractivity contribution in [1.82, 2.24) is 35.7 Å². The normalized spacial score (nSPS) is 21.3. The molecule has 0 saturated carbocycles. The van der Waals surface area contributed by atoms with E-state index in [0.29, 0.717) is 22.7 Å². The van der Waals surface area contributed by atoms with Crippen LogP contribution in [0.5, 0.6) is 11.5 Å². The summed E-state index contributed by atoms with van der Waals surface area (Å²) in [4.78, 5) is 39.2. The van der Waals surface area contributed by atoms with E-state index in [-0.39, 0.29) is 19.3 Å². The maximum atomic E-state index is 13.2. The van der Waals surface area contributed by atoms with Gasteiger partial charge in [0, 0.05) is 0 Å². The van der Waals surface area contributed by atoms with Gasteiger partial charge in [-0.05, 0) is 47.2 Å². The van der Waals surface area contributed by atoms with Crippen molar-refractivity contribution in [3.63, 3.8) is 0 Å². The average Bonchev–Trinajstić information content (AvgIpc) is 3.47. The Morgan fingerprint density at radius 2 is 2.03 bits per heavy atom. The Morgan fingerprint density at radius 1 is 1.21 bits per heavy atom. The molecule has 0 radical (unpaired) electrons. The first-order chi connectivity index (χ1) is 16.4. The van der Waals surface area contributed by atoms with Crippen molar-refractivity contribution in [2.24, 2.45) is 0 Å². The quantitative estimate of drug-likeness (QED) is 0.500. The number of amides is 4. The Labute approximate surface area is 193 Å². The van der Waals surface area contributed by atoms with E-state index in [1.165, 1.54) is 11.0 Å². The molecule has 2 aromatic carbocycles. The zero-order valence-electron chi connectivity index (χ0n) is 18.2. The summed E-state index contributed by atoms with van der Waals surface area (Å²) in [6.07, 6.45) is 1.04. The van der Waals surface area contributed by atoms with Gasteiger partial charge in [0.1, 0.15) is 31.1 Å². The minimum Gasteiger partial charge on any atom is -0.486 e. The van der Waals surface area contributed by atoms with Crippen LogP contribution >= 0.6 is 0 Å². The molecule has 12 heteroatoms. The van der Waals surface area contributed by atoms with Gasteiger partial charge in [0.25, 0.3) is 5.91 Å². The number of nitrogens with zero attached hydrogens (tertiary/aromatic N) is 5. The first-order valence-corrected chi connectivity index (χ1v) is 10.6. The largest absolute Gasteiger partial charge is 0.486 e. The molecule has 0 aliphatic carbocycles. The lowest BCUT2D eigenvalue weighted by molar-refractivity contribution is -0.134. The van der Waals surface area contributed by atoms with Crippen molar-refractivity contribution >= 4 is 17.8 Å². The van der Waals surface area contributed by atoms with E-state index < -0.39 is 29.9 Å². The van der Waals surface area contributed by atoms with Gasteiger partial charge in [-0.1, -0.05) is 24.3 Å². The predicted octanol–water partition coefficient (Wildman–Crippen LogP) is 0.386. The van der Waals surface area contributed by atoms with Gasteiger partial charge in [0.05, 0.1) is 12.2 Å². The van der Waals surface area contributed by atoms with Gasteiger partial charge in [0.15, 0.2) is 11.5 Å². The molecule has 174 valence electrons. The van der Waals surface area contributed by atoms with Crippen LogP contribution in [0.4, 0.5) is 4.79 Å². The zero-order chi connectivity index (χ0) is 23.7. The second kappa shape index (κ2) is 8.46. The van der Waals surface area contributed by atoms with Crippen LogP contribution < -0.4 is 20.1 Å². The molecule has 1 saturated heterocycles. The van der Waals surface area contributed by atoms with E-state index in [1.54, 1.807) is 43.3 Å². The number of tetrazole rings is 1. The average molecular weight is 463 g/mol. The lowest BCUT2D eigenvalue weighted by atomic mass is 9.91. The van der Waals surface area contributed by atoms with Gasteiger partial charge < -0.3 is 20.1 Å². The van der Waals surface area contributed by atoms with Crippen LogP contribution in [0.25, 0.3) is 5.69 Å². The molecule has 0 spiro atoms. The number of hydrogen-bond acceptors (Lipinski definition) is 8. The van der Waals surface area contributed by atoms with Crippen molar-refractivity contribution in [2.75, 3.05) is 19.7 Å². The number of hydrogen-bond donors (Lipinski definition) is 2. The Bertz CT molecular complexity index is 1250. The molecular weight excluding hydrogens is 442 g/mol. The Morgan fingerprint density at radius 3 is 2.82 bits per heavy atom. The Balaban J connectivity index is 1.22. The Hall–Kier alpha value is -4.48.